The maximum Gasteiger partial charge on any atom is 0.171 e. The molecule has 0 atom stereocenters. The summed E-state index contributed by atoms with van der Waals surface area (Å²) in [6.07, 6.45) is 0. The number of hydrogen-bond donors (Lipinski definition) is 1. The number of benzene rings is 1. The van der Waals surface area contributed by atoms with E-state index in [9.17, 15) is 5.26 Å². The summed E-state index contributed by atoms with van der Waals surface area (Å²) in [5, 5.41) is 21.0. The lowest BCUT2D eigenvalue weighted by molar-refractivity contribution is 0.960. The maximum absolute atomic E-state index is 9.23. The molecule has 1 N–H and O–H groups in total. The van der Waals surface area contributed by atoms with E-state index < -0.39 is 0 Å². The van der Waals surface area contributed by atoms with Crippen LogP contribution in [0.3, 0.4) is 0 Å². The van der Waals surface area contributed by atoms with Gasteiger partial charge in [-0.15, -0.1) is 5.10 Å². The molecule has 0 aliphatic heterocycles. The number of nitrogens with one attached hydrogen (secondary N) is 1. The molecule has 0 unspecified atom stereocenters. The van der Waals surface area contributed by atoms with Crippen molar-refractivity contribution >= 4 is 39.0 Å². The topological polar surface area (TPSA) is 61.6 Å². The van der Waals surface area contributed by atoms with Crippen LogP contribution in [-0.2, 0) is 0 Å². The van der Waals surface area contributed by atoms with Crippen LogP contribution in [0.4, 0.5) is 11.5 Å². The molecule has 96 valence electrons. The SMILES string of the molecule is Cc1nnc(Nc2cc(Cl)ccc2Br)c(C#N)c1C. The van der Waals surface area contributed by atoms with E-state index >= 15 is 0 Å². The predicted molar refractivity (Wildman–Crippen MR) is 78.7 cm³/mol. The summed E-state index contributed by atoms with van der Waals surface area (Å²) in [5.41, 5.74) is 2.78. The molecule has 6 heteroatoms. The van der Waals surface area contributed by atoms with Gasteiger partial charge in [0.2, 0.25) is 0 Å². The van der Waals surface area contributed by atoms with E-state index in [1.165, 1.54) is 0 Å². The Labute approximate surface area is 124 Å². The Morgan fingerprint density at radius 2 is 2.05 bits per heavy atom. The third-order valence-corrected chi connectivity index (χ3v) is 3.67. The number of aromatic nitrogens is 2. The Kier molecular flexibility index (Phi) is 4.03. The third kappa shape index (κ3) is 2.86. The van der Waals surface area contributed by atoms with Gasteiger partial charge in [0.25, 0.3) is 0 Å². The molecule has 2 aromatic rings. The fourth-order valence-electron chi connectivity index (χ4n) is 1.55. The molecule has 0 bridgehead atoms. The summed E-state index contributed by atoms with van der Waals surface area (Å²) in [4.78, 5) is 0. The molecule has 0 radical (unpaired) electrons. The molecule has 0 saturated carbocycles. The fraction of sp³-hybridized carbons (Fsp3) is 0.154. The first-order valence-corrected chi connectivity index (χ1v) is 6.66. The molecule has 0 spiro atoms. The van der Waals surface area contributed by atoms with Crippen molar-refractivity contribution in [2.75, 3.05) is 5.32 Å². The molecule has 0 saturated heterocycles. The molecule has 0 aliphatic carbocycles. The number of nitriles is 1. The minimum atomic E-state index is 0.425. The van der Waals surface area contributed by atoms with Crippen LogP contribution in [0, 0.1) is 25.2 Å². The van der Waals surface area contributed by atoms with Crippen LogP contribution in [0.25, 0.3) is 0 Å². The monoisotopic (exact) mass is 336 g/mol. The molecular weight excluding hydrogens is 328 g/mol. The summed E-state index contributed by atoms with van der Waals surface area (Å²) in [6, 6.07) is 7.50. The van der Waals surface area contributed by atoms with E-state index in [1.54, 1.807) is 12.1 Å². The van der Waals surface area contributed by atoms with E-state index in [0.29, 0.717) is 16.4 Å². The second-order valence-corrected chi connectivity index (χ2v) is 5.29. The molecule has 0 amide bonds. The zero-order valence-corrected chi connectivity index (χ0v) is 12.7. The minimum Gasteiger partial charge on any atom is -0.337 e. The average molecular weight is 338 g/mol. The van der Waals surface area contributed by atoms with Gasteiger partial charge >= 0.3 is 0 Å². The summed E-state index contributed by atoms with van der Waals surface area (Å²) in [6.45, 7) is 3.67. The second kappa shape index (κ2) is 5.55. The number of anilines is 2. The van der Waals surface area contributed by atoms with Crippen molar-refractivity contribution < 1.29 is 0 Å². The van der Waals surface area contributed by atoms with Gasteiger partial charge in [-0.05, 0) is 53.5 Å². The zero-order valence-electron chi connectivity index (χ0n) is 10.3. The lowest BCUT2D eigenvalue weighted by Crippen LogP contribution is -2.04. The molecule has 0 fully saturated rings. The fourth-order valence-corrected chi connectivity index (χ4v) is 2.07. The summed E-state index contributed by atoms with van der Waals surface area (Å²) < 4.78 is 0.834. The van der Waals surface area contributed by atoms with E-state index in [0.717, 1.165) is 21.4 Å². The predicted octanol–water partition coefficient (Wildman–Crippen LogP) is 4.12. The van der Waals surface area contributed by atoms with Crippen molar-refractivity contribution in [3.05, 3.63) is 44.5 Å². The Morgan fingerprint density at radius 3 is 2.74 bits per heavy atom. The normalized spacial score (nSPS) is 10.1. The number of aryl methyl sites for hydroxylation is 1. The van der Waals surface area contributed by atoms with Crippen molar-refractivity contribution in [2.45, 2.75) is 13.8 Å². The van der Waals surface area contributed by atoms with E-state index in [2.05, 4.69) is 37.5 Å². The van der Waals surface area contributed by atoms with Crippen LogP contribution in [0.1, 0.15) is 16.8 Å². The minimum absolute atomic E-state index is 0.425. The van der Waals surface area contributed by atoms with Gasteiger partial charge in [0.05, 0.1) is 11.4 Å². The first-order chi connectivity index (χ1) is 9.02. The van der Waals surface area contributed by atoms with Crippen LogP contribution >= 0.6 is 27.5 Å². The second-order valence-electron chi connectivity index (χ2n) is 3.99. The van der Waals surface area contributed by atoms with E-state index in [4.69, 9.17) is 11.6 Å². The van der Waals surface area contributed by atoms with Crippen LogP contribution in [0.15, 0.2) is 22.7 Å². The highest BCUT2D eigenvalue weighted by atomic mass is 79.9. The van der Waals surface area contributed by atoms with Crippen LogP contribution < -0.4 is 5.32 Å². The summed E-state index contributed by atoms with van der Waals surface area (Å²) in [5.74, 6) is 0.425. The number of rotatable bonds is 2. The molecule has 1 aromatic heterocycles. The van der Waals surface area contributed by atoms with Gasteiger partial charge in [0, 0.05) is 9.50 Å². The maximum atomic E-state index is 9.23. The Hall–Kier alpha value is -1.64. The quantitative estimate of drug-likeness (QED) is 0.895. The summed E-state index contributed by atoms with van der Waals surface area (Å²) >= 11 is 9.37. The highest BCUT2D eigenvalue weighted by Crippen LogP contribution is 2.29. The molecule has 4 nitrogen and oxygen atoms in total. The number of hydrogen-bond acceptors (Lipinski definition) is 4. The van der Waals surface area contributed by atoms with E-state index in [1.807, 2.05) is 19.9 Å². The van der Waals surface area contributed by atoms with Crippen LogP contribution in [-0.4, -0.2) is 10.2 Å². The first kappa shape index (κ1) is 13.8. The van der Waals surface area contributed by atoms with Crippen molar-refractivity contribution in [1.29, 1.82) is 5.26 Å². The Morgan fingerprint density at radius 1 is 1.32 bits per heavy atom. The molecule has 1 heterocycles. The molecule has 1 aromatic carbocycles. The van der Waals surface area contributed by atoms with Gasteiger partial charge < -0.3 is 5.32 Å². The van der Waals surface area contributed by atoms with Gasteiger partial charge in [0.15, 0.2) is 5.82 Å². The van der Waals surface area contributed by atoms with Gasteiger partial charge in [-0.25, -0.2) is 0 Å². The summed E-state index contributed by atoms with van der Waals surface area (Å²) in [7, 11) is 0. The van der Waals surface area contributed by atoms with Gasteiger partial charge in [-0.3, -0.25) is 0 Å². The van der Waals surface area contributed by atoms with Crippen molar-refractivity contribution in [3.63, 3.8) is 0 Å². The van der Waals surface area contributed by atoms with Gasteiger partial charge in [-0.1, -0.05) is 11.6 Å². The van der Waals surface area contributed by atoms with Crippen molar-refractivity contribution in [1.82, 2.24) is 10.2 Å². The molecule has 19 heavy (non-hydrogen) atoms. The smallest absolute Gasteiger partial charge is 0.171 e. The zero-order chi connectivity index (χ0) is 14.0. The van der Waals surface area contributed by atoms with Crippen LogP contribution in [0.2, 0.25) is 5.02 Å². The largest absolute Gasteiger partial charge is 0.337 e. The highest BCUT2D eigenvalue weighted by molar-refractivity contribution is 9.10. The van der Waals surface area contributed by atoms with Crippen molar-refractivity contribution in [3.8, 4) is 6.07 Å². The highest BCUT2D eigenvalue weighted by Gasteiger charge is 2.12. The molecule has 2 rings (SSSR count). The van der Waals surface area contributed by atoms with Gasteiger partial charge in [-0.2, -0.15) is 10.4 Å². The third-order valence-electron chi connectivity index (χ3n) is 2.75. The molecular formula is C13H10BrClN4. The average Bonchev–Trinajstić information content (AvgIpc) is 2.38. The van der Waals surface area contributed by atoms with Crippen molar-refractivity contribution in [2.24, 2.45) is 0 Å². The standard InChI is InChI=1S/C13H10BrClN4/c1-7-8(2)18-19-13(10(7)6-16)17-12-5-9(15)3-4-11(12)14/h3-5H,1-2H3,(H,17,19). The lowest BCUT2D eigenvalue weighted by Gasteiger charge is -2.11. The van der Waals surface area contributed by atoms with Crippen LogP contribution in [0.5, 0.6) is 0 Å². The first-order valence-electron chi connectivity index (χ1n) is 5.49. The number of halogens is 2. The molecule has 0 aliphatic rings. The van der Waals surface area contributed by atoms with Gasteiger partial charge in [0.1, 0.15) is 11.6 Å². The lowest BCUT2D eigenvalue weighted by atomic mass is 10.1. The Bertz CT molecular complexity index is 679. The Balaban J connectivity index is 2.47. The number of nitrogens with zero attached hydrogens (tertiary/aromatic N) is 3. The van der Waals surface area contributed by atoms with E-state index in [-0.39, 0.29) is 0 Å².